The molecule has 10 heteroatoms. The van der Waals surface area contributed by atoms with Crippen LogP contribution in [0.5, 0.6) is 0 Å². The van der Waals surface area contributed by atoms with Crippen LogP contribution in [-0.2, 0) is 0 Å². The molecule has 1 fully saturated rings. The van der Waals surface area contributed by atoms with Crippen LogP contribution in [0.3, 0.4) is 0 Å². The van der Waals surface area contributed by atoms with Gasteiger partial charge in [-0.05, 0) is 12.1 Å². The van der Waals surface area contributed by atoms with Gasteiger partial charge in [0.25, 0.3) is 17.5 Å². The number of rotatable bonds is 6. The zero-order chi connectivity index (χ0) is 22.9. The Morgan fingerprint density at radius 3 is 2.39 bits per heavy atom. The Hall–Kier alpha value is -3.63. The summed E-state index contributed by atoms with van der Waals surface area (Å²) in [6.45, 7) is 4.54. The van der Waals surface area contributed by atoms with Crippen molar-refractivity contribution < 1.29 is 19.4 Å². The van der Waals surface area contributed by atoms with Gasteiger partial charge in [0.15, 0.2) is 5.13 Å². The highest BCUT2D eigenvalue weighted by Gasteiger charge is 2.35. The quantitative estimate of drug-likeness (QED) is 0.339. The van der Waals surface area contributed by atoms with Gasteiger partial charge in [0.2, 0.25) is 0 Å². The molecule has 1 aromatic heterocycles. The lowest BCUT2D eigenvalue weighted by Crippen LogP contribution is -3.15. The van der Waals surface area contributed by atoms with Crippen LogP contribution >= 0.6 is 11.3 Å². The Kier molecular flexibility index (Phi) is 5.61. The van der Waals surface area contributed by atoms with E-state index in [-0.39, 0.29) is 17.5 Å². The largest absolute Gasteiger partial charge is 0.337 e. The first kappa shape index (κ1) is 21.2. The third kappa shape index (κ3) is 4.10. The Bertz CT molecular complexity index is 1200. The lowest BCUT2D eigenvalue weighted by atomic mass is 10.1. The number of amides is 2. The van der Waals surface area contributed by atoms with Crippen LogP contribution in [0.25, 0.3) is 11.3 Å². The molecule has 0 aliphatic carbocycles. The summed E-state index contributed by atoms with van der Waals surface area (Å²) in [5.41, 5.74) is 2.50. The topological polar surface area (TPSA) is 101 Å². The summed E-state index contributed by atoms with van der Waals surface area (Å²) in [6.07, 6.45) is 0. The maximum Gasteiger partial charge on any atom is 0.270 e. The van der Waals surface area contributed by atoms with E-state index in [9.17, 15) is 19.7 Å². The summed E-state index contributed by atoms with van der Waals surface area (Å²) in [5.74, 6) is -0.407. The number of carbonyl (C=O) groups excluding carboxylic acids is 2. The molecule has 0 saturated carbocycles. The molecule has 1 N–H and O–H groups in total. The number of hydrogen-bond donors (Lipinski definition) is 1. The number of quaternary nitrogens is 1. The molecule has 2 aromatic carbocycles. The number of aromatic nitrogens is 1. The van der Waals surface area contributed by atoms with E-state index in [0.29, 0.717) is 17.7 Å². The van der Waals surface area contributed by atoms with Gasteiger partial charge in [0.1, 0.15) is 0 Å². The molecule has 2 amide bonds. The molecule has 168 valence electrons. The first-order valence-electron chi connectivity index (χ1n) is 10.8. The van der Waals surface area contributed by atoms with Gasteiger partial charge in [-0.15, -0.1) is 11.3 Å². The normalized spacial score (nSPS) is 16.4. The summed E-state index contributed by atoms with van der Waals surface area (Å²) < 4.78 is 0. The number of nitro groups is 1. The van der Waals surface area contributed by atoms with Gasteiger partial charge in [0.05, 0.1) is 61.0 Å². The van der Waals surface area contributed by atoms with E-state index in [1.807, 2.05) is 11.4 Å². The first-order valence-corrected chi connectivity index (χ1v) is 11.6. The predicted octanol–water partition coefficient (Wildman–Crippen LogP) is 1.72. The Morgan fingerprint density at radius 2 is 1.73 bits per heavy atom. The second-order valence-corrected chi connectivity index (χ2v) is 8.95. The van der Waals surface area contributed by atoms with Crippen LogP contribution in [-0.4, -0.2) is 65.9 Å². The molecule has 2 aliphatic rings. The third-order valence-electron chi connectivity index (χ3n) is 6.15. The van der Waals surface area contributed by atoms with Crippen molar-refractivity contribution in [2.75, 3.05) is 44.2 Å². The maximum absolute atomic E-state index is 12.5. The number of benzene rings is 2. The highest BCUT2D eigenvalue weighted by atomic mass is 32.1. The molecule has 0 bridgehead atoms. The van der Waals surface area contributed by atoms with Crippen molar-refractivity contribution in [1.29, 1.82) is 0 Å². The van der Waals surface area contributed by atoms with Gasteiger partial charge in [-0.2, -0.15) is 0 Å². The van der Waals surface area contributed by atoms with E-state index in [0.717, 1.165) is 49.1 Å². The molecular formula is C23H22N5O4S+. The van der Waals surface area contributed by atoms with Crippen LogP contribution in [0, 0.1) is 10.1 Å². The molecule has 0 unspecified atom stereocenters. The second kappa shape index (κ2) is 8.72. The molecule has 5 rings (SSSR count). The Morgan fingerprint density at radius 1 is 1.03 bits per heavy atom. The van der Waals surface area contributed by atoms with Gasteiger partial charge in [-0.25, -0.2) is 4.98 Å². The number of nitrogens with zero attached hydrogens (tertiary/aromatic N) is 4. The van der Waals surface area contributed by atoms with Crippen molar-refractivity contribution >= 4 is 34.0 Å². The number of non-ortho nitro benzene ring substituents is 1. The number of nitrogens with one attached hydrogen (secondary N) is 1. The number of carbonyl (C=O) groups is 2. The van der Waals surface area contributed by atoms with Crippen molar-refractivity contribution in [3.63, 3.8) is 0 Å². The number of thiazole rings is 1. The molecule has 3 aromatic rings. The summed E-state index contributed by atoms with van der Waals surface area (Å²) in [4.78, 5) is 45.3. The fourth-order valence-corrected chi connectivity index (χ4v) is 5.19. The van der Waals surface area contributed by atoms with Crippen molar-refractivity contribution in [2.24, 2.45) is 0 Å². The second-order valence-electron chi connectivity index (χ2n) is 8.12. The maximum atomic E-state index is 12.5. The van der Waals surface area contributed by atoms with Crippen molar-refractivity contribution in [3.05, 3.63) is 75.2 Å². The van der Waals surface area contributed by atoms with Gasteiger partial charge >= 0.3 is 0 Å². The minimum absolute atomic E-state index is 0.0531. The lowest BCUT2D eigenvalue weighted by molar-refractivity contribution is -0.899. The smallest absolute Gasteiger partial charge is 0.270 e. The van der Waals surface area contributed by atoms with Gasteiger partial charge in [-0.3, -0.25) is 24.6 Å². The van der Waals surface area contributed by atoms with Crippen LogP contribution < -0.4 is 9.80 Å². The zero-order valence-electron chi connectivity index (χ0n) is 17.8. The standard InChI is InChI=1S/C23H21N5O4S/c29-21-18-6-1-2-7-19(18)22(30)27(21)13-10-25-8-11-26(12-9-25)23-24-20(15-33-23)16-4-3-5-17(14-16)28(31)32/h1-7,14-15H,8-13H2/p+1. The van der Waals surface area contributed by atoms with Crippen molar-refractivity contribution in [3.8, 4) is 11.3 Å². The minimum atomic E-state index is -0.402. The average Bonchev–Trinajstić information content (AvgIpc) is 3.43. The number of fused-ring (bicyclic) bond motifs is 1. The van der Waals surface area contributed by atoms with Crippen LogP contribution in [0.1, 0.15) is 20.7 Å². The predicted molar refractivity (Wildman–Crippen MR) is 124 cm³/mol. The van der Waals surface area contributed by atoms with E-state index in [2.05, 4.69) is 4.90 Å². The third-order valence-corrected chi connectivity index (χ3v) is 7.05. The molecule has 0 atom stereocenters. The highest BCUT2D eigenvalue weighted by molar-refractivity contribution is 7.14. The van der Waals surface area contributed by atoms with E-state index >= 15 is 0 Å². The number of nitro benzene ring substituents is 1. The molecule has 0 radical (unpaired) electrons. The van der Waals surface area contributed by atoms with E-state index < -0.39 is 4.92 Å². The fourth-order valence-electron chi connectivity index (χ4n) is 4.30. The van der Waals surface area contributed by atoms with Gasteiger partial charge in [-0.1, -0.05) is 24.3 Å². The fraction of sp³-hybridized carbons (Fsp3) is 0.261. The summed E-state index contributed by atoms with van der Waals surface area (Å²) in [6, 6.07) is 13.5. The number of piperazine rings is 1. The Balaban J connectivity index is 1.16. The number of anilines is 1. The SMILES string of the molecule is O=C1c2ccccc2C(=O)N1CC[NH+]1CCN(c2nc(-c3cccc([N+](=O)[O-])c3)cs2)CC1. The number of hydrogen-bond acceptors (Lipinski definition) is 7. The van der Waals surface area contributed by atoms with E-state index in [1.54, 1.807) is 36.4 Å². The van der Waals surface area contributed by atoms with Gasteiger partial charge in [0, 0.05) is 23.1 Å². The van der Waals surface area contributed by atoms with Crippen molar-refractivity contribution in [2.45, 2.75) is 0 Å². The average molecular weight is 465 g/mol. The first-order chi connectivity index (χ1) is 16.0. The molecule has 3 heterocycles. The zero-order valence-corrected chi connectivity index (χ0v) is 18.6. The molecule has 33 heavy (non-hydrogen) atoms. The number of imide groups is 1. The van der Waals surface area contributed by atoms with Gasteiger partial charge < -0.3 is 9.80 Å². The van der Waals surface area contributed by atoms with Crippen molar-refractivity contribution in [1.82, 2.24) is 9.88 Å². The minimum Gasteiger partial charge on any atom is -0.337 e. The Labute approximate surface area is 194 Å². The van der Waals surface area contributed by atoms with E-state index in [4.69, 9.17) is 4.98 Å². The monoisotopic (exact) mass is 464 g/mol. The molecular weight excluding hydrogens is 442 g/mol. The summed E-state index contributed by atoms with van der Waals surface area (Å²) in [7, 11) is 0. The lowest BCUT2D eigenvalue weighted by Gasteiger charge is -2.32. The van der Waals surface area contributed by atoms with Crippen LogP contribution in [0.4, 0.5) is 10.8 Å². The summed E-state index contributed by atoms with van der Waals surface area (Å²) >= 11 is 1.53. The molecule has 2 aliphatic heterocycles. The molecule has 1 saturated heterocycles. The molecule has 0 spiro atoms. The summed E-state index contributed by atoms with van der Waals surface area (Å²) in [5, 5.41) is 13.9. The highest BCUT2D eigenvalue weighted by Crippen LogP contribution is 2.29. The van der Waals surface area contributed by atoms with Crippen LogP contribution in [0.2, 0.25) is 0 Å². The van der Waals surface area contributed by atoms with Crippen LogP contribution in [0.15, 0.2) is 53.9 Å². The molecule has 9 nitrogen and oxygen atoms in total. The van der Waals surface area contributed by atoms with E-state index in [1.165, 1.54) is 27.2 Å².